The molecule has 0 bridgehead atoms. The maximum Gasteiger partial charge on any atom is 0.244 e. The molecule has 0 saturated carbocycles. The first-order chi connectivity index (χ1) is 14.5. The van der Waals surface area contributed by atoms with Crippen molar-refractivity contribution in [2.24, 2.45) is 11.8 Å². The summed E-state index contributed by atoms with van der Waals surface area (Å²) in [7, 11) is 0. The van der Waals surface area contributed by atoms with Crippen LogP contribution in [-0.4, -0.2) is 66.8 Å². The van der Waals surface area contributed by atoms with Gasteiger partial charge in [-0.3, -0.25) is 19.3 Å². The van der Waals surface area contributed by atoms with Crippen molar-refractivity contribution in [3.8, 4) is 0 Å². The third kappa shape index (κ3) is 3.99. The first-order valence-corrected chi connectivity index (χ1v) is 10.9. The summed E-state index contributed by atoms with van der Waals surface area (Å²) >= 11 is 0. The zero-order chi connectivity index (χ0) is 21.3. The number of benzene rings is 1. The number of amides is 3. The number of allylic oxidation sites excluding steroid dienone is 2. The normalized spacial score (nSPS) is 24.3. The Labute approximate surface area is 177 Å². The van der Waals surface area contributed by atoms with E-state index in [0.29, 0.717) is 18.5 Å². The molecule has 2 saturated heterocycles. The van der Waals surface area contributed by atoms with Crippen LogP contribution in [0.5, 0.6) is 0 Å². The Bertz CT molecular complexity index is 847. The van der Waals surface area contributed by atoms with Crippen molar-refractivity contribution in [1.29, 1.82) is 0 Å². The third-order valence-electron chi connectivity index (χ3n) is 6.54. The van der Waals surface area contributed by atoms with Gasteiger partial charge in [0.2, 0.25) is 17.7 Å². The fourth-order valence-electron chi connectivity index (χ4n) is 4.76. The predicted octanol–water partition coefficient (Wildman–Crippen LogP) is 2.03. The van der Waals surface area contributed by atoms with Crippen LogP contribution in [0.1, 0.15) is 25.3 Å². The molecule has 1 aromatic carbocycles. The Hall–Kier alpha value is -2.67. The minimum atomic E-state index is -0.341. The summed E-state index contributed by atoms with van der Waals surface area (Å²) in [6, 6.07) is 5.89. The van der Waals surface area contributed by atoms with Crippen LogP contribution in [0.15, 0.2) is 30.4 Å². The molecule has 1 aromatic rings. The van der Waals surface area contributed by atoms with Gasteiger partial charge in [0, 0.05) is 37.6 Å². The van der Waals surface area contributed by atoms with Gasteiger partial charge in [-0.1, -0.05) is 19.1 Å². The second kappa shape index (κ2) is 8.60. The summed E-state index contributed by atoms with van der Waals surface area (Å²) < 4.78 is 0. The molecule has 1 aliphatic carbocycles. The number of rotatable bonds is 5. The molecule has 2 atom stereocenters. The van der Waals surface area contributed by atoms with Gasteiger partial charge < -0.3 is 15.1 Å². The van der Waals surface area contributed by atoms with Crippen molar-refractivity contribution < 1.29 is 14.4 Å². The van der Waals surface area contributed by atoms with Crippen molar-refractivity contribution in [3.05, 3.63) is 35.9 Å². The second-order valence-corrected chi connectivity index (χ2v) is 8.39. The van der Waals surface area contributed by atoms with E-state index in [1.165, 1.54) is 5.69 Å². The van der Waals surface area contributed by atoms with Crippen molar-refractivity contribution in [2.45, 2.75) is 26.7 Å². The molecule has 0 radical (unpaired) electrons. The van der Waals surface area contributed by atoms with Crippen molar-refractivity contribution >= 4 is 29.1 Å². The van der Waals surface area contributed by atoms with Gasteiger partial charge in [0.25, 0.3) is 0 Å². The molecule has 0 spiro atoms. The molecule has 30 heavy (non-hydrogen) atoms. The van der Waals surface area contributed by atoms with Crippen LogP contribution >= 0.6 is 0 Å². The number of carbonyl (C=O) groups is 3. The van der Waals surface area contributed by atoms with Crippen molar-refractivity contribution in [2.75, 3.05) is 49.5 Å². The summed E-state index contributed by atoms with van der Waals surface area (Å²) in [5, 5.41) is 2.85. The molecule has 2 unspecified atom stereocenters. The lowest BCUT2D eigenvalue weighted by atomic mass is 9.85. The molecule has 7 heteroatoms. The SMILES string of the molecule is CCN1CCN(c2ccc(NC(=O)CN3C(=O)C4CC=CCC4C3=O)cc2C)CC1. The fraction of sp³-hybridized carbons (Fsp3) is 0.522. The third-order valence-corrected chi connectivity index (χ3v) is 6.54. The number of nitrogens with one attached hydrogen (secondary N) is 1. The number of imide groups is 1. The molecule has 2 aliphatic heterocycles. The molecule has 7 nitrogen and oxygen atoms in total. The molecule has 3 amide bonds. The number of aryl methyl sites for hydroxylation is 1. The highest BCUT2D eigenvalue weighted by Gasteiger charge is 2.47. The van der Waals surface area contributed by atoms with Crippen LogP contribution in [0.2, 0.25) is 0 Å². The molecule has 3 aliphatic rings. The molecular formula is C23H30N4O3. The van der Waals surface area contributed by atoms with Crippen molar-refractivity contribution in [3.63, 3.8) is 0 Å². The van der Waals surface area contributed by atoms with E-state index in [9.17, 15) is 14.4 Å². The lowest BCUT2D eigenvalue weighted by Crippen LogP contribution is -2.46. The largest absolute Gasteiger partial charge is 0.369 e. The van der Waals surface area contributed by atoms with Gasteiger partial charge in [-0.25, -0.2) is 0 Å². The highest BCUT2D eigenvalue weighted by Crippen LogP contribution is 2.35. The lowest BCUT2D eigenvalue weighted by molar-refractivity contribution is -0.142. The van der Waals surface area contributed by atoms with E-state index in [1.54, 1.807) is 0 Å². The van der Waals surface area contributed by atoms with Gasteiger partial charge in [-0.2, -0.15) is 0 Å². The van der Waals surface area contributed by atoms with Gasteiger partial charge in [-0.05, 0) is 50.1 Å². The number of piperazine rings is 1. The van der Waals surface area contributed by atoms with E-state index < -0.39 is 0 Å². The van der Waals surface area contributed by atoms with E-state index in [1.807, 2.05) is 37.3 Å². The number of carbonyl (C=O) groups excluding carboxylic acids is 3. The van der Waals surface area contributed by atoms with E-state index in [4.69, 9.17) is 0 Å². The Morgan fingerprint density at radius 3 is 2.23 bits per heavy atom. The summed E-state index contributed by atoms with van der Waals surface area (Å²) in [6.07, 6.45) is 5.06. The van der Waals surface area contributed by atoms with E-state index in [-0.39, 0.29) is 36.1 Å². The molecule has 2 fully saturated rings. The molecular weight excluding hydrogens is 380 g/mol. The minimum Gasteiger partial charge on any atom is -0.369 e. The predicted molar refractivity (Wildman–Crippen MR) is 116 cm³/mol. The molecule has 4 rings (SSSR count). The zero-order valence-corrected chi connectivity index (χ0v) is 17.8. The van der Waals surface area contributed by atoms with Crippen LogP contribution in [-0.2, 0) is 14.4 Å². The monoisotopic (exact) mass is 410 g/mol. The average molecular weight is 411 g/mol. The Balaban J connectivity index is 1.36. The number of hydrogen-bond donors (Lipinski definition) is 1. The quantitative estimate of drug-likeness (QED) is 0.594. The zero-order valence-electron chi connectivity index (χ0n) is 17.8. The highest BCUT2D eigenvalue weighted by molar-refractivity contribution is 6.08. The van der Waals surface area contributed by atoms with E-state index >= 15 is 0 Å². The smallest absolute Gasteiger partial charge is 0.244 e. The maximum absolute atomic E-state index is 12.5. The number of likely N-dealkylation sites (tertiary alicyclic amines) is 1. The van der Waals surface area contributed by atoms with Gasteiger partial charge in [0.05, 0.1) is 11.8 Å². The summed E-state index contributed by atoms with van der Waals surface area (Å²) in [4.78, 5) is 43.6. The topological polar surface area (TPSA) is 73.0 Å². The number of hydrogen-bond acceptors (Lipinski definition) is 5. The first kappa shape index (κ1) is 20.6. The second-order valence-electron chi connectivity index (χ2n) is 8.39. The standard InChI is InChI=1S/C23H30N4O3/c1-3-25-10-12-26(13-11-25)20-9-8-17(14-16(20)2)24-21(28)15-27-22(29)18-6-4-5-7-19(18)23(27)30/h4-5,8-9,14,18-19H,3,6-7,10-13,15H2,1-2H3,(H,24,28). The van der Waals surface area contributed by atoms with Crippen molar-refractivity contribution in [1.82, 2.24) is 9.80 Å². The Morgan fingerprint density at radius 1 is 1.03 bits per heavy atom. The van der Waals surface area contributed by atoms with Crippen LogP contribution in [0.25, 0.3) is 0 Å². The molecule has 1 N–H and O–H groups in total. The van der Waals surface area contributed by atoms with Gasteiger partial charge >= 0.3 is 0 Å². The molecule has 2 heterocycles. The fourth-order valence-corrected chi connectivity index (χ4v) is 4.76. The number of anilines is 2. The van der Waals surface area contributed by atoms with Gasteiger partial charge in [0.15, 0.2) is 0 Å². The first-order valence-electron chi connectivity index (χ1n) is 10.9. The van der Waals surface area contributed by atoms with Crippen LogP contribution < -0.4 is 10.2 Å². The lowest BCUT2D eigenvalue weighted by Gasteiger charge is -2.36. The molecule has 160 valence electrons. The molecule has 0 aromatic heterocycles. The Kier molecular flexibility index (Phi) is 5.90. The van der Waals surface area contributed by atoms with Crippen LogP contribution in [0.3, 0.4) is 0 Å². The summed E-state index contributed by atoms with van der Waals surface area (Å²) in [5.74, 6) is -1.38. The van der Waals surface area contributed by atoms with Gasteiger partial charge in [0.1, 0.15) is 6.54 Å². The minimum absolute atomic E-state index is 0.218. The van der Waals surface area contributed by atoms with Crippen LogP contribution in [0.4, 0.5) is 11.4 Å². The summed E-state index contributed by atoms with van der Waals surface area (Å²) in [5.41, 5.74) is 2.97. The van der Waals surface area contributed by atoms with Crippen LogP contribution in [0, 0.1) is 18.8 Å². The number of fused-ring (bicyclic) bond motifs is 1. The van der Waals surface area contributed by atoms with E-state index in [2.05, 4.69) is 22.0 Å². The summed E-state index contributed by atoms with van der Waals surface area (Å²) in [6.45, 7) is 9.21. The van der Waals surface area contributed by atoms with E-state index in [0.717, 1.165) is 43.2 Å². The number of likely N-dealkylation sites (N-methyl/N-ethyl adjacent to an activating group) is 1. The average Bonchev–Trinajstić information content (AvgIpc) is 2.99. The van der Waals surface area contributed by atoms with Gasteiger partial charge in [-0.15, -0.1) is 0 Å². The Morgan fingerprint density at radius 2 is 1.67 bits per heavy atom. The highest BCUT2D eigenvalue weighted by atomic mass is 16.2. The maximum atomic E-state index is 12.5. The number of nitrogens with zero attached hydrogens (tertiary/aromatic N) is 3.